The molecule has 0 unspecified atom stereocenters. The number of aromatic nitrogens is 2. The minimum atomic E-state index is 0.911. The van der Waals surface area contributed by atoms with Crippen molar-refractivity contribution < 1.29 is 0 Å². The van der Waals surface area contributed by atoms with Crippen LogP contribution in [0.4, 0.5) is 0 Å². The van der Waals surface area contributed by atoms with Crippen molar-refractivity contribution in [3.8, 4) is 11.1 Å². The summed E-state index contributed by atoms with van der Waals surface area (Å²) in [5.41, 5.74) is 5.04. The Morgan fingerprint density at radius 1 is 1.38 bits per heavy atom. The van der Waals surface area contributed by atoms with Crippen LogP contribution < -0.4 is 5.32 Å². The van der Waals surface area contributed by atoms with Crippen molar-refractivity contribution in [2.24, 2.45) is 7.05 Å². The van der Waals surface area contributed by atoms with Crippen LogP contribution in [0.15, 0.2) is 30.6 Å². The first-order valence-electron chi connectivity index (χ1n) is 5.44. The lowest BCUT2D eigenvalue weighted by Gasteiger charge is -2.06. The van der Waals surface area contributed by atoms with Gasteiger partial charge in [0.15, 0.2) is 0 Å². The van der Waals surface area contributed by atoms with Crippen molar-refractivity contribution in [1.82, 2.24) is 15.1 Å². The van der Waals surface area contributed by atoms with Gasteiger partial charge in [-0.05, 0) is 30.7 Å². The summed E-state index contributed by atoms with van der Waals surface area (Å²) in [7, 11) is 3.90. The highest BCUT2D eigenvalue weighted by Gasteiger charge is 2.04. The van der Waals surface area contributed by atoms with Crippen LogP contribution in [0.25, 0.3) is 11.1 Å². The predicted molar refractivity (Wildman–Crippen MR) is 66.1 cm³/mol. The average Bonchev–Trinajstić information content (AvgIpc) is 2.65. The number of hydrogen-bond donors (Lipinski definition) is 1. The first-order chi connectivity index (χ1) is 7.70. The molecule has 0 aliphatic heterocycles. The molecular weight excluding hydrogens is 198 g/mol. The number of aryl methyl sites for hydroxylation is 2. The molecule has 0 saturated carbocycles. The first kappa shape index (κ1) is 10.9. The highest BCUT2D eigenvalue weighted by Crippen LogP contribution is 2.23. The zero-order valence-electron chi connectivity index (χ0n) is 9.99. The van der Waals surface area contributed by atoms with Crippen molar-refractivity contribution >= 4 is 0 Å². The molecule has 0 spiro atoms. The molecule has 1 aromatic heterocycles. The van der Waals surface area contributed by atoms with Crippen LogP contribution >= 0.6 is 0 Å². The summed E-state index contributed by atoms with van der Waals surface area (Å²) in [4.78, 5) is 0. The van der Waals surface area contributed by atoms with Crippen molar-refractivity contribution in [2.45, 2.75) is 13.5 Å². The van der Waals surface area contributed by atoms with E-state index >= 15 is 0 Å². The van der Waals surface area contributed by atoms with Crippen LogP contribution in [0.5, 0.6) is 0 Å². The lowest BCUT2D eigenvalue weighted by molar-refractivity contribution is 0.768. The number of benzene rings is 1. The van der Waals surface area contributed by atoms with E-state index in [0.29, 0.717) is 0 Å². The Morgan fingerprint density at radius 3 is 2.75 bits per heavy atom. The normalized spacial score (nSPS) is 10.7. The molecule has 0 fully saturated rings. The highest BCUT2D eigenvalue weighted by atomic mass is 15.2. The van der Waals surface area contributed by atoms with Gasteiger partial charge in [-0.1, -0.05) is 18.2 Å². The maximum atomic E-state index is 4.20. The zero-order valence-corrected chi connectivity index (χ0v) is 9.99. The van der Waals surface area contributed by atoms with Gasteiger partial charge in [0.25, 0.3) is 0 Å². The summed E-state index contributed by atoms with van der Waals surface area (Å²) in [5, 5.41) is 7.36. The van der Waals surface area contributed by atoms with E-state index in [2.05, 4.69) is 35.5 Å². The SMILES string of the molecule is CNCc1ccc(-c2cnn(C)c2)c(C)c1. The minimum absolute atomic E-state index is 0.911. The molecule has 0 saturated heterocycles. The van der Waals surface area contributed by atoms with Crippen LogP contribution in [0, 0.1) is 6.92 Å². The Labute approximate surface area is 96.1 Å². The molecule has 3 nitrogen and oxygen atoms in total. The monoisotopic (exact) mass is 215 g/mol. The molecule has 2 rings (SSSR count). The summed E-state index contributed by atoms with van der Waals surface area (Å²) in [5.74, 6) is 0. The highest BCUT2D eigenvalue weighted by molar-refractivity contribution is 5.66. The van der Waals surface area contributed by atoms with E-state index in [0.717, 1.165) is 6.54 Å². The van der Waals surface area contributed by atoms with Crippen LogP contribution in [-0.2, 0) is 13.6 Å². The first-order valence-corrected chi connectivity index (χ1v) is 5.44. The van der Waals surface area contributed by atoms with E-state index in [4.69, 9.17) is 0 Å². The molecule has 84 valence electrons. The number of rotatable bonds is 3. The lowest BCUT2D eigenvalue weighted by Crippen LogP contribution is -2.05. The fourth-order valence-corrected chi connectivity index (χ4v) is 1.92. The van der Waals surface area contributed by atoms with Crippen LogP contribution in [0.2, 0.25) is 0 Å². The second-order valence-corrected chi connectivity index (χ2v) is 4.08. The molecule has 0 radical (unpaired) electrons. The molecule has 3 heteroatoms. The number of hydrogen-bond acceptors (Lipinski definition) is 2. The van der Waals surface area contributed by atoms with Gasteiger partial charge in [-0.15, -0.1) is 0 Å². The maximum absolute atomic E-state index is 4.20. The van der Waals surface area contributed by atoms with E-state index < -0.39 is 0 Å². The van der Waals surface area contributed by atoms with Gasteiger partial charge in [-0.25, -0.2) is 0 Å². The van der Waals surface area contributed by atoms with E-state index in [1.807, 2.05) is 31.2 Å². The largest absolute Gasteiger partial charge is 0.316 e. The molecule has 1 heterocycles. The van der Waals surface area contributed by atoms with Gasteiger partial charge in [-0.2, -0.15) is 5.10 Å². The molecule has 0 aliphatic rings. The summed E-state index contributed by atoms with van der Waals surface area (Å²) in [6.45, 7) is 3.05. The lowest BCUT2D eigenvalue weighted by atomic mass is 10.0. The molecule has 0 amide bonds. The summed E-state index contributed by atoms with van der Waals surface area (Å²) >= 11 is 0. The quantitative estimate of drug-likeness (QED) is 0.850. The van der Waals surface area contributed by atoms with Gasteiger partial charge in [0.1, 0.15) is 0 Å². The topological polar surface area (TPSA) is 29.9 Å². The minimum Gasteiger partial charge on any atom is -0.316 e. The van der Waals surface area contributed by atoms with E-state index in [9.17, 15) is 0 Å². The standard InChI is InChI=1S/C13H17N3/c1-10-6-11(7-14-2)4-5-13(10)12-8-15-16(3)9-12/h4-6,8-9,14H,7H2,1-3H3. The average molecular weight is 215 g/mol. The number of nitrogens with one attached hydrogen (secondary N) is 1. The molecule has 0 aliphatic carbocycles. The van der Waals surface area contributed by atoms with E-state index in [1.165, 1.54) is 22.3 Å². The smallest absolute Gasteiger partial charge is 0.0568 e. The molecule has 16 heavy (non-hydrogen) atoms. The Morgan fingerprint density at radius 2 is 2.19 bits per heavy atom. The fraction of sp³-hybridized carbons (Fsp3) is 0.308. The van der Waals surface area contributed by atoms with Crippen molar-refractivity contribution in [1.29, 1.82) is 0 Å². The van der Waals surface area contributed by atoms with Crippen molar-refractivity contribution in [3.05, 3.63) is 41.7 Å². The van der Waals surface area contributed by atoms with Gasteiger partial charge < -0.3 is 5.32 Å². The van der Waals surface area contributed by atoms with Crippen LogP contribution in [0.1, 0.15) is 11.1 Å². The fourth-order valence-electron chi connectivity index (χ4n) is 1.92. The van der Waals surface area contributed by atoms with Gasteiger partial charge in [-0.3, -0.25) is 4.68 Å². The molecule has 1 aromatic carbocycles. The number of nitrogens with zero attached hydrogens (tertiary/aromatic N) is 2. The molecule has 0 atom stereocenters. The van der Waals surface area contributed by atoms with Crippen LogP contribution in [0.3, 0.4) is 0 Å². The van der Waals surface area contributed by atoms with Crippen molar-refractivity contribution in [3.63, 3.8) is 0 Å². The molecule has 1 N–H and O–H groups in total. The van der Waals surface area contributed by atoms with E-state index in [1.54, 1.807) is 0 Å². The third kappa shape index (κ3) is 2.14. The second-order valence-electron chi connectivity index (χ2n) is 4.08. The third-order valence-electron chi connectivity index (χ3n) is 2.69. The Balaban J connectivity index is 2.36. The van der Waals surface area contributed by atoms with Crippen molar-refractivity contribution in [2.75, 3.05) is 7.05 Å². The Hall–Kier alpha value is -1.61. The second kappa shape index (κ2) is 4.49. The Bertz CT molecular complexity index is 486. The van der Waals surface area contributed by atoms with Gasteiger partial charge in [0.2, 0.25) is 0 Å². The van der Waals surface area contributed by atoms with Gasteiger partial charge >= 0.3 is 0 Å². The predicted octanol–water partition coefficient (Wildman–Crippen LogP) is 2.11. The third-order valence-corrected chi connectivity index (χ3v) is 2.69. The van der Waals surface area contributed by atoms with E-state index in [-0.39, 0.29) is 0 Å². The maximum Gasteiger partial charge on any atom is 0.0568 e. The molecular formula is C13H17N3. The summed E-state index contributed by atoms with van der Waals surface area (Å²) < 4.78 is 1.83. The Kier molecular flexibility index (Phi) is 3.06. The summed E-state index contributed by atoms with van der Waals surface area (Å²) in [6.07, 6.45) is 3.94. The molecule has 0 bridgehead atoms. The van der Waals surface area contributed by atoms with Gasteiger partial charge in [0.05, 0.1) is 6.20 Å². The van der Waals surface area contributed by atoms with Gasteiger partial charge in [0, 0.05) is 25.4 Å². The summed E-state index contributed by atoms with van der Waals surface area (Å²) in [6, 6.07) is 6.55. The zero-order chi connectivity index (χ0) is 11.5. The van der Waals surface area contributed by atoms with Crippen LogP contribution in [-0.4, -0.2) is 16.8 Å². The molecule has 2 aromatic rings.